The van der Waals surface area contributed by atoms with Gasteiger partial charge in [0.1, 0.15) is 23.7 Å². The number of rotatable bonds is 13. The van der Waals surface area contributed by atoms with Crippen molar-refractivity contribution in [3.63, 3.8) is 0 Å². The molecular weight excluding hydrogens is 504 g/mol. The summed E-state index contributed by atoms with van der Waals surface area (Å²) in [6.45, 7) is 8.96. The third-order valence-electron chi connectivity index (χ3n) is 5.58. The second-order valence-electron chi connectivity index (χ2n) is 11.0. The van der Waals surface area contributed by atoms with Gasteiger partial charge in [-0.1, -0.05) is 44.2 Å². The molecule has 0 unspecified atom stereocenters. The number of esters is 1. The van der Waals surface area contributed by atoms with Crippen LogP contribution in [0.1, 0.15) is 59.4 Å². The van der Waals surface area contributed by atoms with Crippen molar-refractivity contribution in [3.05, 3.63) is 35.9 Å². The lowest BCUT2D eigenvalue weighted by atomic mass is 10.0. The van der Waals surface area contributed by atoms with E-state index >= 15 is 0 Å². The summed E-state index contributed by atoms with van der Waals surface area (Å²) in [5.41, 5.74) is 0.0195. The van der Waals surface area contributed by atoms with Crippen LogP contribution in [-0.4, -0.2) is 79.6 Å². The molecule has 1 aromatic rings. The Morgan fingerprint density at radius 3 is 1.95 bits per heavy atom. The van der Waals surface area contributed by atoms with Crippen LogP contribution in [0, 0.1) is 5.92 Å². The Morgan fingerprint density at radius 1 is 0.872 bits per heavy atom. The minimum absolute atomic E-state index is 0.0129. The quantitative estimate of drug-likeness (QED) is 0.321. The summed E-state index contributed by atoms with van der Waals surface area (Å²) in [6.07, 6.45) is -0.272. The predicted octanol–water partition coefficient (Wildman–Crippen LogP) is 2.18. The van der Waals surface area contributed by atoms with Gasteiger partial charge in [0, 0.05) is 26.9 Å². The highest BCUT2D eigenvalue weighted by molar-refractivity contribution is 5.93. The van der Waals surface area contributed by atoms with Crippen molar-refractivity contribution >= 4 is 29.8 Å². The molecule has 0 aromatic heterocycles. The average Bonchev–Trinajstić information content (AvgIpc) is 2.83. The highest BCUT2D eigenvalue weighted by Crippen LogP contribution is 2.11. The summed E-state index contributed by atoms with van der Waals surface area (Å²) in [5, 5.41) is 7.97. The Bertz CT molecular complexity index is 974. The maximum atomic E-state index is 13.4. The summed E-state index contributed by atoms with van der Waals surface area (Å²) in [5.74, 6) is -2.06. The first kappa shape index (κ1) is 33.4. The molecule has 218 valence electrons. The number of methoxy groups -OCH3 is 1. The summed E-state index contributed by atoms with van der Waals surface area (Å²) < 4.78 is 10.1. The van der Waals surface area contributed by atoms with E-state index < -0.39 is 47.6 Å². The SMILES string of the molecule is COC(=O)[C@H](CCC(=O)N(C)C)NC(=O)[C@H](Cc1ccccc1)NC(=O)[C@H](CC(C)C)NC(=O)OC(C)(C)C. The number of carbonyl (C=O) groups excluding carboxylic acids is 5. The summed E-state index contributed by atoms with van der Waals surface area (Å²) in [7, 11) is 4.38. The van der Waals surface area contributed by atoms with Crippen LogP contribution in [0.5, 0.6) is 0 Å². The van der Waals surface area contributed by atoms with Gasteiger partial charge in [0.25, 0.3) is 0 Å². The molecule has 0 aliphatic rings. The normalized spacial score (nSPS) is 13.5. The van der Waals surface area contributed by atoms with Crippen LogP contribution in [0.4, 0.5) is 4.79 Å². The van der Waals surface area contributed by atoms with E-state index in [-0.39, 0.29) is 31.1 Å². The first-order valence-electron chi connectivity index (χ1n) is 13.0. The molecule has 0 heterocycles. The monoisotopic (exact) mass is 548 g/mol. The fraction of sp³-hybridized carbons (Fsp3) is 0.607. The van der Waals surface area contributed by atoms with Gasteiger partial charge in [0.2, 0.25) is 17.7 Å². The number of benzene rings is 1. The predicted molar refractivity (Wildman–Crippen MR) is 147 cm³/mol. The van der Waals surface area contributed by atoms with Crippen LogP contribution in [-0.2, 0) is 35.1 Å². The molecule has 11 nitrogen and oxygen atoms in total. The molecular formula is C28H44N4O7. The third kappa shape index (κ3) is 13.1. The van der Waals surface area contributed by atoms with Gasteiger partial charge in [-0.3, -0.25) is 14.4 Å². The second kappa shape index (κ2) is 15.7. The van der Waals surface area contributed by atoms with Crippen molar-refractivity contribution in [1.82, 2.24) is 20.9 Å². The van der Waals surface area contributed by atoms with Crippen molar-refractivity contribution in [1.29, 1.82) is 0 Å². The number of carbonyl (C=O) groups is 5. The number of nitrogens with one attached hydrogen (secondary N) is 3. The molecule has 0 spiro atoms. The first-order chi connectivity index (χ1) is 18.1. The molecule has 0 radical (unpaired) electrons. The third-order valence-corrected chi connectivity index (χ3v) is 5.58. The zero-order chi connectivity index (χ0) is 29.8. The fourth-order valence-corrected chi connectivity index (χ4v) is 3.64. The maximum absolute atomic E-state index is 13.4. The molecule has 0 saturated carbocycles. The Kier molecular flexibility index (Phi) is 13.4. The van der Waals surface area contributed by atoms with Crippen molar-refractivity contribution in [2.75, 3.05) is 21.2 Å². The van der Waals surface area contributed by atoms with E-state index in [0.29, 0.717) is 6.42 Å². The highest BCUT2D eigenvalue weighted by Gasteiger charge is 2.31. The Hall–Kier alpha value is -3.63. The topological polar surface area (TPSA) is 143 Å². The zero-order valence-corrected chi connectivity index (χ0v) is 24.3. The molecule has 0 aliphatic carbocycles. The fourth-order valence-electron chi connectivity index (χ4n) is 3.64. The lowest BCUT2D eigenvalue weighted by Crippen LogP contribution is -2.57. The van der Waals surface area contributed by atoms with Crippen LogP contribution < -0.4 is 16.0 Å². The molecule has 1 rings (SSSR count). The lowest BCUT2D eigenvalue weighted by molar-refractivity contribution is -0.145. The van der Waals surface area contributed by atoms with E-state index in [9.17, 15) is 24.0 Å². The Balaban J connectivity index is 3.16. The van der Waals surface area contributed by atoms with E-state index in [1.807, 2.05) is 44.2 Å². The average molecular weight is 549 g/mol. The molecule has 3 N–H and O–H groups in total. The second-order valence-corrected chi connectivity index (χ2v) is 11.0. The van der Waals surface area contributed by atoms with Crippen LogP contribution in [0.15, 0.2) is 30.3 Å². The summed E-state index contributed by atoms with van der Waals surface area (Å²) >= 11 is 0. The zero-order valence-electron chi connectivity index (χ0n) is 24.3. The maximum Gasteiger partial charge on any atom is 0.408 e. The summed E-state index contributed by atoms with van der Waals surface area (Å²) in [6, 6.07) is 5.94. The van der Waals surface area contributed by atoms with Gasteiger partial charge < -0.3 is 30.3 Å². The van der Waals surface area contributed by atoms with Gasteiger partial charge in [-0.15, -0.1) is 0 Å². The molecule has 0 fully saturated rings. The number of hydrogen-bond donors (Lipinski definition) is 3. The van der Waals surface area contributed by atoms with Gasteiger partial charge in [0.15, 0.2) is 0 Å². The highest BCUT2D eigenvalue weighted by atomic mass is 16.6. The largest absolute Gasteiger partial charge is 0.467 e. The molecule has 0 aliphatic heterocycles. The standard InChI is InChI=1S/C28H44N4O7/c1-18(2)16-21(31-27(37)39-28(3,4)5)24(34)30-22(17-19-12-10-9-11-13-19)25(35)29-20(26(36)38-8)14-15-23(33)32(6)7/h9-13,18,20-22H,14-17H2,1-8H3,(H,29,35)(H,30,34)(H,31,37)/t20-,21-,22-/m0/s1. The Labute approximate surface area is 231 Å². The molecule has 4 amide bonds. The van der Waals surface area contributed by atoms with E-state index in [1.165, 1.54) is 12.0 Å². The molecule has 39 heavy (non-hydrogen) atoms. The number of hydrogen-bond acceptors (Lipinski definition) is 7. The Morgan fingerprint density at radius 2 is 1.44 bits per heavy atom. The molecule has 1 aromatic carbocycles. The van der Waals surface area contributed by atoms with Gasteiger partial charge in [-0.25, -0.2) is 9.59 Å². The van der Waals surface area contributed by atoms with Gasteiger partial charge in [0.05, 0.1) is 7.11 Å². The number of alkyl carbamates (subject to hydrolysis) is 1. The van der Waals surface area contributed by atoms with E-state index in [1.54, 1.807) is 34.9 Å². The van der Waals surface area contributed by atoms with Crippen molar-refractivity contribution in [2.24, 2.45) is 5.92 Å². The van der Waals surface area contributed by atoms with Crippen LogP contribution >= 0.6 is 0 Å². The summed E-state index contributed by atoms with van der Waals surface area (Å²) in [4.78, 5) is 65.0. The number of ether oxygens (including phenoxy) is 2. The molecule has 11 heteroatoms. The van der Waals surface area contributed by atoms with E-state index in [2.05, 4.69) is 16.0 Å². The van der Waals surface area contributed by atoms with Crippen molar-refractivity contribution in [3.8, 4) is 0 Å². The van der Waals surface area contributed by atoms with Crippen molar-refractivity contribution < 1.29 is 33.4 Å². The molecule has 0 bridgehead atoms. The minimum atomic E-state index is -1.09. The molecule has 3 atom stereocenters. The van der Waals surface area contributed by atoms with Gasteiger partial charge in [-0.2, -0.15) is 0 Å². The number of amides is 4. The van der Waals surface area contributed by atoms with Crippen LogP contribution in [0.2, 0.25) is 0 Å². The molecule has 0 saturated heterocycles. The van der Waals surface area contributed by atoms with Gasteiger partial charge >= 0.3 is 12.1 Å². The van der Waals surface area contributed by atoms with Crippen LogP contribution in [0.3, 0.4) is 0 Å². The lowest BCUT2D eigenvalue weighted by Gasteiger charge is -2.27. The minimum Gasteiger partial charge on any atom is -0.467 e. The van der Waals surface area contributed by atoms with E-state index in [0.717, 1.165) is 5.56 Å². The van der Waals surface area contributed by atoms with Gasteiger partial charge in [-0.05, 0) is 45.1 Å². The van der Waals surface area contributed by atoms with Crippen molar-refractivity contribution in [2.45, 2.75) is 84.0 Å². The van der Waals surface area contributed by atoms with Crippen LogP contribution in [0.25, 0.3) is 0 Å². The first-order valence-corrected chi connectivity index (χ1v) is 13.0. The smallest absolute Gasteiger partial charge is 0.408 e. The number of nitrogens with zero attached hydrogens (tertiary/aromatic N) is 1. The van der Waals surface area contributed by atoms with E-state index in [4.69, 9.17) is 9.47 Å².